The maximum atomic E-state index is 12.2. The molecule has 2 aromatic carbocycles. The van der Waals surface area contributed by atoms with Gasteiger partial charge in [-0.3, -0.25) is 10.1 Å². The number of benzene rings is 2. The minimum atomic E-state index is -0.345. The summed E-state index contributed by atoms with van der Waals surface area (Å²) in [6, 6.07) is 19.5. The van der Waals surface area contributed by atoms with Crippen LogP contribution in [-0.2, 0) is 9.53 Å². The Morgan fingerprint density at radius 1 is 1.00 bits per heavy atom. The number of morpholine rings is 1. The average Bonchev–Trinajstić information content (AvgIpc) is 2.58. The van der Waals surface area contributed by atoms with Crippen LogP contribution in [-0.4, -0.2) is 12.0 Å². The predicted molar refractivity (Wildman–Crippen MR) is 86.2 cm³/mol. The summed E-state index contributed by atoms with van der Waals surface area (Å²) in [5.41, 5.74) is 2.10. The topological polar surface area (TPSA) is 38.3 Å². The number of carbonyl (C=O) groups is 1. The Kier molecular flexibility index (Phi) is 4.35. The van der Waals surface area contributed by atoms with Gasteiger partial charge in [0.2, 0.25) is 0 Å². The van der Waals surface area contributed by atoms with Crippen molar-refractivity contribution in [1.29, 1.82) is 0 Å². The van der Waals surface area contributed by atoms with Crippen molar-refractivity contribution < 1.29 is 9.53 Å². The molecule has 0 spiro atoms. The molecule has 1 heterocycles. The van der Waals surface area contributed by atoms with E-state index in [1.54, 1.807) is 6.08 Å². The lowest BCUT2D eigenvalue weighted by Crippen LogP contribution is -2.48. The molecule has 1 saturated heterocycles. The molecule has 0 amide bonds. The van der Waals surface area contributed by atoms with Crippen LogP contribution in [0.25, 0.3) is 0 Å². The van der Waals surface area contributed by atoms with Gasteiger partial charge in [0.25, 0.3) is 0 Å². The van der Waals surface area contributed by atoms with Crippen LogP contribution in [0.4, 0.5) is 0 Å². The van der Waals surface area contributed by atoms with E-state index in [-0.39, 0.29) is 24.2 Å². The van der Waals surface area contributed by atoms with Crippen LogP contribution in [0.3, 0.4) is 0 Å². The molecular weight excluding hydrogens is 274 g/mol. The fraction of sp³-hybridized carbons (Fsp3) is 0.211. The molecule has 3 atom stereocenters. The monoisotopic (exact) mass is 293 g/mol. The van der Waals surface area contributed by atoms with Gasteiger partial charge in [-0.2, -0.15) is 0 Å². The van der Waals surface area contributed by atoms with Crippen LogP contribution in [0.15, 0.2) is 73.3 Å². The third-order valence-corrected chi connectivity index (χ3v) is 3.90. The van der Waals surface area contributed by atoms with Gasteiger partial charge in [0.05, 0.1) is 6.04 Å². The second-order valence-electron chi connectivity index (χ2n) is 5.40. The van der Waals surface area contributed by atoms with E-state index in [9.17, 15) is 4.79 Å². The lowest BCUT2D eigenvalue weighted by molar-refractivity contribution is -0.160. The summed E-state index contributed by atoms with van der Waals surface area (Å²) < 4.78 is 5.76. The second-order valence-corrected chi connectivity index (χ2v) is 5.40. The third-order valence-electron chi connectivity index (χ3n) is 3.90. The summed E-state index contributed by atoms with van der Waals surface area (Å²) in [5.74, 6) is -0.221. The van der Waals surface area contributed by atoms with Crippen molar-refractivity contribution in [2.24, 2.45) is 0 Å². The van der Waals surface area contributed by atoms with E-state index in [1.165, 1.54) is 0 Å². The molecular formula is C19H19NO2. The third kappa shape index (κ3) is 2.95. The number of ether oxygens (including phenoxy) is 1. The van der Waals surface area contributed by atoms with Gasteiger partial charge < -0.3 is 4.74 Å². The maximum Gasteiger partial charge on any atom is 0.324 e. The highest BCUT2D eigenvalue weighted by atomic mass is 16.5. The number of hydrogen-bond donors (Lipinski definition) is 1. The highest BCUT2D eigenvalue weighted by Crippen LogP contribution is 2.36. The fourth-order valence-corrected chi connectivity index (χ4v) is 2.81. The first-order valence-electron chi connectivity index (χ1n) is 7.47. The molecule has 0 unspecified atom stereocenters. The SMILES string of the molecule is C=CC[C@@H]1N[C@@H](c2ccccc2)[C@@H](c2ccccc2)OC1=O. The van der Waals surface area contributed by atoms with Crippen molar-refractivity contribution in [2.45, 2.75) is 24.6 Å². The molecule has 0 saturated carbocycles. The molecule has 1 N–H and O–H groups in total. The molecule has 22 heavy (non-hydrogen) atoms. The molecule has 0 aromatic heterocycles. The summed E-state index contributed by atoms with van der Waals surface area (Å²) in [7, 11) is 0. The minimum absolute atomic E-state index is 0.0637. The van der Waals surface area contributed by atoms with Crippen molar-refractivity contribution in [3.8, 4) is 0 Å². The van der Waals surface area contributed by atoms with Crippen molar-refractivity contribution in [3.63, 3.8) is 0 Å². The predicted octanol–water partition coefficient (Wildman–Crippen LogP) is 3.56. The van der Waals surface area contributed by atoms with E-state index in [4.69, 9.17) is 4.74 Å². The summed E-state index contributed by atoms with van der Waals surface area (Å²) >= 11 is 0. The molecule has 112 valence electrons. The Morgan fingerprint density at radius 2 is 1.59 bits per heavy atom. The Bertz CT molecular complexity index is 639. The van der Waals surface area contributed by atoms with Crippen molar-refractivity contribution >= 4 is 5.97 Å². The van der Waals surface area contributed by atoms with Gasteiger partial charge in [0.15, 0.2) is 0 Å². The van der Waals surface area contributed by atoms with Crippen molar-refractivity contribution in [3.05, 3.63) is 84.4 Å². The number of rotatable bonds is 4. The Labute approximate surface area is 130 Å². The van der Waals surface area contributed by atoms with Gasteiger partial charge in [-0.25, -0.2) is 0 Å². The Hall–Kier alpha value is -2.39. The molecule has 3 nitrogen and oxygen atoms in total. The molecule has 2 aromatic rings. The number of esters is 1. The van der Waals surface area contributed by atoms with Crippen molar-refractivity contribution in [1.82, 2.24) is 5.32 Å². The summed E-state index contributed by atoms with van der Waals surface area (Å²) in [6.07, 6.45) is 1.98. The van der Waals surface area contributed by atoms with Gasteiger partial charge >= 0.3 is 5.97 Å². The van der Waals surface area contributed by atoms with E-state index in [1.807, 2.05) is 48.5 Å². The smallest absolute Gasteiger partial charge is 0.324 e. The van der Waals surface area contributed by atoms with Gasteiger partial charge in [-0.15, -0.1) is 6.58 Å². The highest BCUT2D eigenvalue weighted by Gasteiger charge is 2.38. The van der Waals surface area contributed by atoms with Gasteiger partial charge in [-0.1, -0.05) is 66.7 Å². The summed E-state index contributed by atoms with van der Waals surface area (Å²) in [6.45, 7) is 3.72. The van der Waals surface area contributed by atoms with E-state index in [2.05, 4.69) is 24.0 Å². The van der Waals surface area contributed by atoms with Gasteiger partial charge in [0.1, 0.15) is 12.1 Å². The first-order chi connectivity index (χ1) is 10.8. The Morgan fingerprint density at radius 3 is 2.18 bits per heavy atom. The van der Waals surface area contributed by atoms with Gasteiger partial charge in [-0.05, 0) is 17.5 Å². The van der Waals surface area contributed by atoms with Crippen LogP contribution >= 0.6 is 0 Å². The van der Waals surface area contributed by atoms with Crippen LogP contribution in [0.1, 0.15) is 29.7 Å². The number of carbonyl (C=O) groups excluding carboxylic acids is 1. The largest absolute Gasteiger partial charge is 0.454 e. The molecule has 3 rings (SSSR count). The summed E-state index contributed by atoms with van der Waals surface area (Å²) in [5, 5.41) is 3.42. The summed E-state index contributed by atoms with van der Waals surface area (Å²) in [4.78, 5) is 12.2. The van der Waals surface area contributed by atoms with Gasteiger partial charge in [0, 0.05) is 0 Å². The highest BCUT2D eigenvalue weighted by molar-refractivity contribution is 5.77. The fourth-order valence-electron chi connectivity index (χ4n) is 2.81. The maximum absolute atomic E-state index is 12.2. The molecule has 1 aliphatic rings. The van der Waals surface area contributed by atoms with Crippen LogP contribution < -0.4 is 5.32 Å². The standard InChI is InChI=1S/C19H19NO2/c1-2-9-16-19(21)22-18(15-12-7-4-8-13-15)17(20-16)14-10-5-3-6-11-14/h2-8,10-13,16-18,20H,1,9H2/t16-,17-,18+/m0/s1. The zero-order valence-electron chi connectivity index (χ0n) is 12.3. The number of hydrogen-bond acceptors (Lipinski definition) is 3. The first-order valence-corrected chi connectivity index (χ1v) is 7.47. The minimum Gasteiger partial charge on any atom is -0.454 e. The quantitative estimate of drug-likeness (QED) is 0.692. The lowest BCUT2D eigenvalue weighted by atomic mass is 9.92. The number of cyclic esters (lactones) is 1. The molecule has 0 radical (unpaired) electrons. The first kappa shape index (κ1) is 14.5. The van der Waals surface area contributed by atoms with E-state index in [0.717, 1.165) is 11.1 Å². The van der Waals surface area contributed by atoms with E-state index < -0.39 is 0 Å². The molecule has 0 aliphatic carbocycles. The zero-order valence-corrected chi connectivity index (χ0v) is 12.3. The molecule has 1 aliphatic heterocycles. The zero-order chi connectivity index (χ0) is 15.4. The van der Waals surface area contributed by atoms with Crippen LogP contribution in [0.5, 0.6) is 0 Å². The van der Waals surface area contributed by atoms with E-state index >= 15 is 0 Å². The normalized spacial score (nSPS) is 24.5. The molecule has 3 heteroatoms. The molecule has 1 fully saturated rings. The second kappa shape index (κ2) is 6.58. The molecule has 0 bridgehead atoms. The van der Waals surface area contributed by atoms with Crippen LogP contribution in [0.2, 0.25) is 0 Å². The van der Waals surface area contributed by atoms with E-state index in [0.29, 0.717) is 6.42 Å². The van der Waals surface area contributed by atoms with Crippen LogP contribution in [0, 0.1) is 0 Å². The Balaban J connectivity index is 1.95. The number of nitrogens with one attached hydrogen (secondary N) is 1. The average molecular weight is 293 g/mol. The lowest BCUT2D eigenvalue weighted by Gasteiger charge is -2.37. The van der Waals surface area contributed by atoms with Crippen molar-refractivity contribution in [2.75, 3.05) is 0 Å².